The zero-order chi connectivity index (χ0) is 33.3. The van der Waals surface area contributed by atoms with E-state index in [0.717, 1.165) is 49.9 Å². The molecule has 0 atom stereocenters. The van der Waals surface area contributed by atoms with Crippen LogP contribution < -0.4 is 0 Å². The van der Waals surface area contributed by atoms with E-state index in [1.165, 1.54) is 49.9 Å². The van der Waals surface area contributed by atoms with Crippen LogP contribution in [0.5, 0.6) is 0 Å². The summed E-state index contributed by atoms with van der Waals surface area (Å²) in [6.07, 6.45) is 3.92. The smallest absolute Gasteiger partial charge is 0.147 e. The van der Waals surface area contributed by atoms with Crippen LogP contribution in [-0.2, 0) is 5.41 Å². The fourth-order valence-corrected chi connectivity index (χ4v) is 9.54. The number of nitrogens with zero attached hydrogens (tertiary/aromatic N) is 4. The number of hydrogen-bond acceptors (Lipinski definition) is 2. The molecule has 2 aliphatic rings. The zero-order valence-corrected chi connectivity index (χ0v) is 27.5. The van der Waals surface area contributed by atoms with Crippen molar-refractivity contribution in [1.82, 2.24) is 19.1 Å². The van der Waals surface area contributed by atoms with Gasteiger partial charge in [0.15, 0.2) is 0 Å². The van der Waals surface area contributed by atoms with Crippen molar-refractivity contribution >= 4 is 43.9 Å². The molecule has 12 rings (SSSR count). The molecule has 0 unspecified atom stereocenters. The van der Waals surface area contributed by atoms with Crippen molar-refractivity contribution in [3.05, 3.63) is 192 Å². The minimum absolute atomic E-state index is 0.424. The number of hydrogen-bond donors (Lipinski definition) is 0. The Morgan fingerprint density at radius 1 is 0.431 bits per heavy atom. The van der Waals surface area contributed by atoms with Gasteiger partial charge in [0, 0.05) is 34.5 Å². The molecular weight excluding hydrogens is 621 g/mol. The van der Waals surface area contributed by atoms with Crippen LogP contribution >= 0.6 is 0 Å². The molecule has 4 heteroatoms. The van der Waals surface area contributed by atoms with E-state index < -0.39 is 5.41 Å². The van der Waals surface area contributed by atoms with Crippen molar-refractivity contribution in [3.8, 4) is 33.6 Å². The maximum atomic E-state index is 5.18. The van der Waals surface area contributed by atoms with Crippen LogP contribution in [0.3, 0.4) is 0 Å². The van der Waals surface area contributed by atoms with Crippen LogP contribution in [0.25, 0.3) is 77.5 Å². The van der Waals surface area contributed by atoms with Crippen LogP contribution in [0.15, 0.2) is 170 Å². The first-order valence-electron chi connectivity index (χ1n) is 17.5. The van der Waals surface area contributed by atoms with Crippen molar-refractivity contribution in [3.63, 3.8) is 0 Å². The van der Waals surface area contributed by atoms with Crippen molar-refractivity contribution in [2.24, 2.45) is 0 Å². The normalized spacial score (nSPS) is 13.6. The van der Waals surface area contributed by atoms with Crippen molar-refractivity contribution < 1.29 is 0 Å². The molecule has 4 aromatic heterocycles. The summed E-state index contributed by atoms with van der Waals surface area (Å²) >= 11 is 0. The van der Waals surface area contributed by atoms with E-state index in [0.29, 0.717) is 0 Å². The molecule has 0 amide bonds. The van der Waals surface area contributed by atoms with E-state index >= 15 is 0 Å². The van der Waals surface area contributed by atoms with Gasteiger partial charge in [-0.25, -0.2) is 4.98 Å². The van der Waals surface area contributed by atoms with Gasteiger partial charge in [-0.2, -0.15) is 0 Å². The number of fused-ring (bicyclic) bond motifs is 17. The predicted molar refractivity (Wildman–Crippen MR) is 207 cm³/mol. The molecule has 0 fully saturated rings. The molecule has 0 N–H and O–H groups in total. The molecule has 236 valence electrons. The number of aromatic nitrogens is 4. The van der Waals surface area contributed by atoms with E-state index in [1.54, 1.807) is 0 Å². The van der Waals surface area contributed by atoms with Gasteiger partial charge in [-0.05, 0) is 87.0 Å². The largest absolute Gasteiger partial charge is 0.307 e. The summed E-state index contributed by atoms with van der Waals surface area (Å²) in [5.74, 6) is 0. The molecule has 6 aromatic carbocycles. The topological polar surface area (TPSA) is 35.6 Å². The van der Waals surface area contributed by atoms with E-state index in [9.17, 15) is 0 Å². The second-order valence-electron chi connectivity index (χ2n) is 13.7. The van der Waals surface area contributed by atoms with Gasteiger partial charge < -0.3 is 4.57 Å². The van der Waals surface area contributed by atoms with E-state index in [-0.39, 0.29) is 0 Å². The third-order valence-corrected chi connectivity index (χ3v) is 11.4. The van der Waals surface area contributed by atoms with Gasteiger partial charge in [-0.3, -0.25) is 9.55 Å². The molecule has 0 saturated carbocycles. The van der Waals surface area contributed by atoms with Gasteiger partial charge in [0.05, 0.1) is 32.9 Å². The lowest BCUT2D eigenvalue weighted by Gasteiger charge is -2.30. The first-order valence-corrected chi connectivity index (χ1v) is 17.5. The van der Waals surface area contributed by atoms with E-state index in [4.69, 9.17) is 9.97 Å². The first kappa shape index (κ1) is 27.1. The Morgan fingerprint density at radius 3 is 1.76 bits per heavy atom. The average Bonchev–Trinajstić information content (AvgIpc) is 3.90. The average molecular weight is 649 g/mol. The highest BCUT2D eigenvalue weighted by atomic mass is 15.1. The third-order valence-electron chi connectivity index (χ3n) is 11.4. The van der Waals surface area contributed by atoms with Crippen molar-refractivity contribution in [2.45, 2.75) is 5.41 Å². The maximum Gasteiger partial charge on any atom is 0.147 e. The zero-order valence-electron chi connectivity index (χ0n) is 27.5. The quantitative estimate of drug-likeness (QED) is 0.187. The summed E-state index contributed by atoms with van der Waals surface area (Å²) in [6, 6.07) is 57.6. The Balaban J connectivity index is 1.23. The molecule has 0 radical (unpaired) electrons. The monoisotopic (exact) mass is 648 g/mol. The van der Waals surface area contributed by atoms with Crippen LogP contribution in [0.2, 0.25) is 0 Å². The molecule has 51 heavy (non-hydrogen) atoms. The Morgan fingerprint density at radius 2 is 1.04 bits per heavy atom. The summed E-state index contributed by atoms with van der Waals surface area (Å²) in [5, 5.41) is 3.34. The number of rotatable bonds is 2. The lowest BCUT2D eigenvalue weighted by molar-refractivity contribution is 0.792. The van der Waals surface area contributed by atoms with Gasteiger partial charge in [-0.1, -0.05) is 115 Å². The second kappa shape index (κ2) is 9.68. The lowest BCUT2D eigenvalue weighted by Crippen LogP contribution is -2.26. The highest BCUT2D eigenvalue weighted by molar-refractivity contribution is 6.24. The van der Waals surface area contributed by atoms with Crippen molar-refractivity contribution in [1.29, 1.82) is 0 Å². The molecule has 1 spiro atoms. The van der Waals surface area contributed by atoms with Gasteiger partial charge in [0.2, 0.25) is 0 Å². The number of para-hydroxylation sites is 2. The van der Waals surface area contributed by atoms with E-state index in [1.807, 2.05) is 18.5 Å². The Kier molecular flexibility index (Phi) is 5.14. The standard InChI is InChI=1S/C47H28N4/c1-2-13-29(14-3-1)51-41-22-11-7-18-35(41)43-45-36(28-49-46(43)51)44-42(23-12-26-48-44)50(45)30-24-25-34-33-17-6-10-21-39(33)47(40(34)27-30)37-19-8-4-15-31(37)32-16-5-9-20-38(32)47/h1-28H. The number of benzene rings is 6. The predicted octanol–water partition coefficient (Wildman–Crippen LogP) is 11.0. The second-order valence-corrected chi connectivity index (χ2v) is 13.7. The molecule has 4 heterocycles. The van der Waals surface area contributed by atoms with Crippen LogP contribution in [0, 0.1) is 0 Å². The summed E-state index contributed by atoms with van der Waals surface area (Å²) < 4.78 is 4.73. The molecule has 4 nitrogen and oxygen atoms in total. The summed E-state index contributed by atoms with van der Waals surface area (Å²) in [6.45, 7) is 0. The fourth-order valence-electron chi connectivity index (χ4n) is 9.54. The Hall–Kier alpha value is -6.78. The third kappa shape index (κ3) is 3.25. The lowest BCUT2D eigenvalue weighted by atomic mass is 9.70. The molecule has 2 aliphatic carbocycles. The number of pyridine rings is 2. The summed E-state index contributed by atoms with van der Waals surface area (Å²) in [4.78, 5) is 10.2. The highest BCUT2D eigenvalue weighted by Gasteiger charge is 2.51. The molecule has 0 saturated heterocycles. The molecule has 0 aliphatic heterocycles. The highest BCUT2D eigenvalue weighted by Crippen LogP contribution is 2.63. The van der Waals surface area contributed by atoms with Crippen LogP contribution in [0.1, 0.15) is 22.3 Å². The molecular formula is C47H28N4. The van der Waals surface area contributed by atoms with Crippen molar-refractivity contribution in [2.75, 3.05) is 0 Å². The van der Waals surface area contributed by atoms with Crippen LogP contribution in [-0.4, -0.2) is 19.1 Å². The van der Waals surface area contributed by atoms with Gasteiger partial charge in [0.1, 0.15) is 5.65 Å². The minimum atomic E-state index is -0.424. The Bertz CT molecular complexity index is 3030. The summed E-state index contributed by atoms with van der Waals surface area (Å²) in [5.41, 5.74) is 17.5. The first-order chi connectivity index (χ1) is 25.3. The molecule has 10 aromatic rings. The Labute approximate surface area is 293 Å². The SMILES string of the molecule is c1ccc(-n2c3ccccc3c3c2ncc2c4ncccc4n(-c4ccc5c(c4)C4(c6ccccc6-c6ccccc64)c4ccccc4-5)c23)cc1. The molecule has 0 bridgehead atoms. The summed E-state index contributed by atoms with van der Waals surface area (Å²) in [7, 11) is 0. The maximum absolute atomic E-state index is 5.18. The fraction of sp³-hybridized carbons (Fsp3) is 0.0213. The van der Waals surface area contributed by atoms with Gasteiger partial charge in [0.25, 0.3) is 0 Å². The minimum Gasteiger partial charge on any atom is -0.307 e. The van der Waals surface area contributed by atoms with Gasteiger partial charge in [-0.15, -0.1) is 0 Å². The van der Waals surface area contributed by atoms with E-state index in [2.05, 4.69) is 161 Å². The van der Waals surface area contributed by atoms with Gasteiger partial charge >= 0.3 is 0 Å². The van der Waals surface area contributed by atoms with Crippen LogP contribution in [0.4, 0.5) is 0 Å².